The molecule has 0 saturated heterocycles. The fourth-order valence-electron chi connectivity index (χ4n) is 3.53. The maximum Gasteiger partial charge on any atom is 0.363 e. The molecule has 0 amide bonds. The Morgan fingerprint density at radius 3 is 2.52 bits per heavy atom. The first-order valence-electron chi connectivity index (χ1n) is 10.0. The molecule has 0 fully saturated rings. The van der Waals surface area contributed by atoms with Crippen LogP contribution < -0.4 is 4.74 Å². The molecule has 0 bridgehead atoms. The molecule has 0 N–H and O–H groups in total. The summed E-state index contributed by atoms with van der Waals surface area (Å²) in [4.78, 5) is 16.9. The Hall–Kier alpha value is -4.18. The Bertz CT molecular complexity index is 1320. The molecule has 1 heterocycles. The molecule has 4 aromatic rings. The number of nitrogens with zero attached hydrogens (tertiary/aromatic N) is 1. The summed E-state index contributed by atoms with van der Waals surface area (Å²) in [5, 5.41) is 2.06. The molecule has 1 aliphatic rings. The van der Waals surface area contributed by atoms with E-state index in [1.165, 1.54) is 0 Å². The average Bonchev–Trinajstić information content (AvgIpc) is 3.18. The number of ether oxygens (including phenoxy) is 2. The predicted molar refractivity (Wildman–Crippen MR) is 122 cm³/mol. The third-order valence-electron chi connectivity index (χ3n) is 5.05. The number of hydrogen-bond acceptors (Lipinski definition) is 4. The molecule has 0 unspecified atom stereocenters. The lowest BCUT2D eigenvalue weighted by molar-refractivity contribution is -0.129. The van der Waals surface area contributed by atoms with Crippen LogP contribution in [-0.2, 0) is 16.1 Å². The second kappa shape index (κ2) is 8.28. The predicted octanol–water partition coefficient (Wildman–Crippen LogP) is 5.76. The van der Waals surface area contributed by atoms with E-state index in [2.05, 4.69) is 4.99 Å². The topological polar surface area (TPSA) is 47.9 Å². The quantitative estimate of drug-likeness (QED) is 0.313. The van der Waals surface area contributed by atoms with Gasteiger partial charge in [-0.05, 0) is 46.2 Å². The summed E-state index contributed by atoms with van der Waals surface area (Å²) < 4.78 is 11.4. The first-order chi connectivity index (χ1) is 15.3. The molecule has 150 valence electrons. The van der Waals surface area contributed by atoms with Crippen molar-refractivity contribution in [1.82, 2.24) is 0 Å². The Kier molecular flexibility index (Phi) is 5.03. The van der Waals surface area contributed by atoms with Crippen LogP contribution in [0.4, 0.5) is 0 Å². The van der Waals surface area contributed by atoms with Gasteiger partial charge in [0.05, 0.1) is 0 Å². The fourth-order valence-corrected chi connectivity index (χ4v) is 3.53. The van der Waals surface area contributed by atoms with Crippen molar-refractivity contribution in [3.05, 3.63) is 119 Å². The Labute approximate surface area is 180 Å². The molecular weight excluding hydrogens is 386 g/mol. The molecule has 5 rings (SSSR count). The summed E-state index contributed by atoms with van der Waals surface area (Å²) in [6, 6.07) is 31.4. The van der Waals surface area contributed by atoms with E-state index in [0.717, 1.165) is 33.2 Å². The van der Waals surface area contributed by atoms with Gasteiger partial charge >= 0.3 is 5.97 Å². The number of rotatable bonds is 5. The van der Waals surface area contributed by atoms with Crippen LogP contribution in [0.5, 0.6) is 5.75 Å². The van der Waals surface area contributed by atoms with E-state index in [1.54, 1.807) is 6.08 Å². The second-order valence-corrected chi connectivity index (χ2v) is 7.21. The van der Waals surface area contributed by atoms with Crippen LogP contribution in [0.25, 0.3) is 16.8 Å². The molecule has 0 atom stereocenters. The zero-order chi connectivity index (χ0) is 21.0. The highest BCUT2D eigenvalue weighted by Gasteiger charge is 2.25. The van der Waals surface area contributed by atoms with Gasteiger partial charge in [-0.3, -0.25) is 0 Å². The number of benzene rings is 4. The minimum atomic E-state index is -0.460. The summed E-state index contributed by atoms with van der Waals surface area (Å²) in [7, 11) is 0. The minimum absolute atomic E-state index is 0.267. The van der Waals surface area contributed by atoms with Crippen molar-refractivity contribution in [3.8, 4) is 5.75 Å². The summed E-state index contributed by atoms with van der Waals surface area (Å²) >= 11 is 0. The number of carbonyl (C=O) groups is 1. The van der Waals surface area contributed by atoms with Gasteiger partial charge in [-0.1, -0.05) is 78.9 Å². The maximum absolute atomic E-state index is 12.5. The number of fused-ring (bicyclic) bond motifs is 1. The summed E-state index contributed by atoms with van der Waals surface area (Å²) in [5.74, 6) is 0.589. The normalized spacial score (nSPS) is 14.5. The SMILES string of the molecule is O=C1OC(c2cccc3ccccc23)=N/C1=C/c1cccc(OCc2ccccc2)c1. The highest BCUT2D eigenvalue weighted by Crippen LogP contribution is 2.25. The van der Waals surface area contributed by atoms with Crippen molar-refractivity contribution in [1.29, 1.82) is 0 Å². The van der Waals surface area contributed by atoms with Gasteiger partial charge in [0.15, 0.2) is 5.70 Å². The van der Waals surface area contributed by atoms with Crippen LogP contribution >= 0.6 is 0 Å². The van der Waals surface area contributed by atoms with Crippen molar-refractivity contribution in [2.24, 2.45) is 4.99 Å². The molecule has 0 aromatic heterocycles. The lowest BCUT2D eigenvalue weighted by atomic mass is 10.0. The lowest BCUT2D eigenvalue weighted by Crippen LogP contribution is -2.05. The van der Waals surface area contributed by atoms with E-state index in [1.807, 2.05) is 97.1 Å². The number of aliphatic imine (C=N–C) groups is 1. The van der Waals surface area contributed by atoms with Gasteiger partial charge in [-0.25, -0.2) is 9.79 Å². The molecule has 4 nitrogen and oxygen atoms in total. The van der Waals surface area contributed by atoms with Gasteiger partial charge in [0.2, 0.25) is 5.90 Å². The summed E-state index contributed by atoms with van der Waals surface area (Å²) in [5.41, 5.74) is 2.98. The third-order valence-corrected chi connectivity index (χ3v) is 5.05. The highest BCUT2D eigenvalue weighted by molar-refractivity contribution is 6.17. The molecule has 4 aromatic carbocycles. The van der Waals surface area contributed by atoms with Gasteiger partial charge < -0.3 is 9.47 Å². The average molecular weight is 405 g/mol. The minimum Gasteiger partial charge on any atom is -0.489 e. The Morgan fingerprint density at radius 2 is 1.61 bits per heavy atom. The Balaban J connectivity index is 1.40. The van der Waals surface area contributed by atoms with E-state index in [0.29, 0.717) is 12.5 Å². The van der Waals surface area contributed by atoms with Crippen LogP contribution in [0.2, 0.25) is 0 Å². The molecule has 0 saturated carbocycles. The third kappa shape index (κ3) is 4.09. The standard InChI is InChI=1S/C27H19NO3/c29-27-25(28-26(31-27)24-15-7-12-21-11-4-5-14-23(21)24)17-20-10-6-13-22(16-20)30-18-19-8-2-1-3-9-19/h1-17H,18H2/b25-17+. The van der Waals surface area contributed by atoms with Crippen LogP contribution in [0, 0.1) is 0 Å². The molecule has 31 heavy (non-hydrogen) atoms. The van der Waals surface area contributed by atoms with Crippen molar-refractivity contribution in [3.63, 3.8) is 0 Å². The van der Waals surface area contributed by atoms with E-state index in [9.17, 15) is 4.79 Å². The molecule has 1 aliphatic heterocycles. The smallest absolute Gasteiger partial charge is 0.363 e. The van der Waals surface area contributed by atoms with Gasteiger partial charge in [-0.15, -0.1) is 0 Å². The number of hydrogen-bond donors (Lipinski definition) is 0. The van der Waals surface area contributed by atoms with Gasteiger partial charge in [0.1, 0.15) is 12.4 Å². The Morgan fingerprint density at radius 1 is 0.839 bits per heavy atom. The van der Waals surface area contributed by atoms with Crippen LogP contribution in [0.3, 0.4) is 0 Å². The van der Waals surface area contributed by atoms with E-state index >= 15 is 0 Å². The number of cyclic esters (lactones) is 1. The van der Waals surface area contributed by atoms with Crippen molar-refractivity contribution in [2.45, 2.75) is 6.61 Å². The molecule has 0 spiro atoms. The van der Waals surface area contributed by atoms with E-state index in [4.69, 9.17) is 9.47 Å². The summed E-state index contributed by atoms with van der Waals surface area (Å²) in [6.07, 6.45) is 1.72. The summed E-state index contributed by atoms with van der Waals surface area (Å²) in [6.45, 7) is 0.478. The van der Waals surface area contributed by atoms with E-state index < -0.39 is 5.97 Å². The monoisotopic (exact) mass is 405 g/mol. The van der Waals surface area contributed by atoms with Gasteiger partial charge in [0, 0.05) is 5.56 Å². The number of esters is 1. The maximum atomic E-state index is 12.5. The van der Waals surface area contributed by atoms with Crippen LogP contribution in [0.15, 0.2) is 108 Å². The van der Waals surface area contributed by atoms with Gasteiger partial charge in [0.25, 0.3) is 0 Å². The first kappa shape index (κ1) is 18.8. The molecule has 4 heteroatoms. The molecular formula is C27H19NO3. The molecule has 0 radical (unpaired) electrons. The van der Waals surface area contributed by atoms with Crippen molar-refractivity contribution >= 4 is 28.7 Å². The van der Waals surface area contributed by atoms with Gasteiger partial charge in [-0.2, -0.15) is 0 Å². The lowest BCUT2D eigenvalue weighted by Gasteiger charge is -2.07. The first-order valence-corrected chi connectivity index (χ1v) is 10.0. The van der Waals surface area contributed by atoms with E-state index in [-0.39, 0.29) is 5.70 Å². The number of carbonyl (C=O) groups excluding carboxylic acids is 1. The molecule has 0 aliphatic carbocycles. The van der Waals surface area contributed by atoms with Crippen molar-refractivity contribution < 1.29 is 14.3 Å². The second-order valence-electron chi connectivity index (χ2n) is 7.21. The zero-order valence-corrected chi connectivity index (χ0v) is 16.7. The highest BCUT2D eigenvalue weighted by atomic mass is 16.6. The van der Waals surface area contributed by atoms with Crippen molar-refractivity contribution in [2.75, 3.05) is 0 Å². The zero-order valence-electron chi connectivity index (χ0n) is 16.7. The fraction of sp³-hybridized carbons (Fsp3) is 0.0370. The largest absolute Gasteiger partial charge is 0.489 e. The van der Waals surface area contributed by atoms with Crippen LogP contribution in [0.1, 0.15) is 16.7 Å². The van der Waals surface area contributed by atoms with Crippen LogP contribution in [-0.4, -0.2) is 11.9 Å².